The predicted molar refractivity (Wildman–Crippen MR) is 105 cm³/mol. The van der Waals surface area contributed by atoms with Gasteiger partial charge in [0.05, 0.1) is 42.9 Å². The van der Waals surface area contributed by atoms with Crippen molar-refractivity contribution in [3.63, 3.8) is 0 Å². The summed E-state index contributed by atoms with van der Waals surface area (Å²) >= 11 is 0. The normalized spacial score (nSPS) is 16.8. The quantitative estimate of drug-likeness (QED) is 0.422. The van der Waals surface area contributed by atoms with E-state index in [9.17, 15) is 4.79 Å². The van der Waals surface area contributed by atoms with Crippen molar-refractivity contribution in [1.82, 2.24) is 44.7 Å². The SMILES string of the molecule is Cn1cc(-c2cnc3nnn(C[C@@H]4CN(c5ncc(C=O)cn5)CCO4)c3n2)cn1. The molecule has 5 heterocycles. The van der Waals surface area contributed by atoms with Crippen LogP contribution in [0.5, 0.6) is 0 Å². The molecule has 1 atom stereocenters. The van der Waals surface area contributed by atoms with Crippen LogP contribution < -0.4 is 4.90 Å². The largest absolute Gasteiger partial charge is 0.373 e. The lowest BCUT2D eigenvalue weighted by atomic mass is 10.2. The van der Waals surface area contributed by atoms with E-state index >= 15 is 0 Å². The highest BCUT2D eigenvalue weighted by Gasteiger charge is 2.24. The number of carbonyl (C=O) groups is 1. The van der Waals surface area contributed by atoms with Crippen molar-refractivity contribution < 1.29 is 9.53 Å². The van der Waals surface area contributed by atoms with E-state index in [0.717, 1.165) is 11.8 Å². The molecule has 0 N–H and O–H groups in total. The number of nitrogens with zero attached hydrogens (tertiary/aromatic N) is 10. The van der Waals surface area contributed by atoms with E-state index in [-0.39, 0.29) is 6.10 Å². The number of hydrogen-bond acceptors (Lipinski definition) is 10. The van der Waals surface area contributed by atoms with Crippen LogP contribution in [-0.4, -0.2) is 76.8 Å². The molecule has 0 unspecified atom stereocenters. The summed E-state index contributed by atoms with van der Waals surface area (Å²) in [6.07, 6.45) is 8.88. The number of hydrogen-bond donors (Lipinski definition) is 0. The van der Waals surface area contributed by atoms with Crippen LogP contribution >= 0.6 is 0 Å². The lowest BCUT2D eigenvalue weighted by Crippen LogP contribution is -2.45. The van der Waals surface area contributed by atoms with Crippen LogP contribution in [0.4, 0.5) is 5.95 Å². The van der Waals surface area contributed by atoms with Crippen molar-refractivity contribution in [2.24, 2.45) is 7.05 Å². The second kappa shape index (κ2) is 7.55. The van der Waals surface area contributed by atoms with E-state index < -0.39 is 0 Å². The van der Waals surface area contributed by atoms with Crippen molar-refractivity contribution in [3.8, 4) is 11.3 Å². The first-order valence-electron chi connectivity index (χ1n) is 9.38. The van der Waals surface area contributed by atoms with Gasteiger partial charge < -0.3 is 9.64 Å². The molecule has 1 aliphatic rings. The van der Waals surface area contributed by atoms with Gasteiger partial charge in [-0.1, -0.05) is 5.21 Å². The molecule has 1 aliphatic heterocycles. The number of anilines is 1. The number of carbonyl (C=O) groups excluding carboxylic acids is 1. The van der Waals surface area contributed by atoms with Crippen molar-refractivity contribution >= 4 is 23.5 Å². The fourth-order valence-corrected chi connectivity index (χ4v) is 3.33. The van der Waals surface area contributed by atoms with Crippen molar-refractivity contribution in [1.29, 1.82) is 0 Å². The van der Waals surface area contributed by atoms with Gasteiger partial charge in [-0.15, -0.1) is 5.10 Å². The van der Waals surface area contributed by atoms with E-state index in [4.69, 9.17) is 4.74 Å². The first-order valence-corrected chi connectivity index (χ1v) is 9.38. The predicted octanol–water partition coefficient (Wildman–Crippen LogP) is 0.130. The Balaban J connectivity index is 1.36. The first kappa shape index (κ1) is 18.2. The van der Waals surface area contributed by atoms with Crippen LogP contribution in [0.15, 0.2) is 31.0 Å². The number of morpholine rings is 1. The van der Waals surface area contributed by atoms with Gasteiger partial charge in [0.25, 0.3) is 0 Å². The Bertz CT molecular complexity index is 1190. The van der Waals surface area contributed by atoms with E-state index in [1.807, 2.05) is 18.1 Å². The molecule has 0 amide bonds. The Morgan fingerprint density at radius 1 is 1.20 bits per heavy atom. The minimum Gasteiger partial charge on any atom is -0.373 e. The first-order chi connectivity index (χ1) is 14.7. The lowest BCUT2D eigenvalue weighted by Gasteiger charge is -2.32. The molecule has 0 aromatic carbocycles. The molecule has 0 radical (unpaired) electrons. The zero-order chi connectivity index (χ0) is 20.5. The van der Waals surface area contributed by atoms with Gasteiger partial charge in [-0.3, -0.25) is 9.48 Å². The third kappa shape index (κ3) is 3.48. The average molecular weight is 406 g/mol. The molecule has 1 saturated heterocycles. The Hall–Kier alpha value is -3.80. The summed E-state index contributed by atoms with van der Waals surface area (Å²) in [5.41, 5.74) is 3.08. The van der Waals surface area contributed by atoms with Gasteiger partial charge in [-0.25, -0.2) is 24.6 Å². The van der Waals surface area contributed by atoms with Crippen LogP contribution in [0.3, 0.4) is 0 Å². The summed E-state index contributed by atoms with van der Waals surface area (Å²) in [6.45, 7) is 2.24. The molecule has 12 nitrogen and oxygen atoms in total. The molecule has 0 saturated carbocycles. The van der Waals surface area contributed by atoms with E-state index in [1.165, 1.54) is 12.4 Å². The molecule has 0 spiro atoms. The third-order valence-corrected chi connectivity index (χ3v) is 4.82. The molecular formula is C18H18N10O2. The van der Waals surface area contributed by atoms with Gasteiger partial charge in [0, 0.05) is 44.3 Å². The number of aryl methyl sites for hydroxylation is 1. The zero-order valence-corrected chi connectivity index (χ0v) is 16.2. The molecule has 4 aromatic heterocycles. The highest BCUT2D eigenvalue weighted by Crippen LogP contribution is 2.19. The summed E-state index contributed by atoms with van der Waals surface area (Å²) in [5, 5.41) is 12.5. The Morgan fingerprint density at radius 2 is 2.07 bits per heavy atom. The molecule has 1 fully saturated rings. The van der Waals surface area contributed by atoms with Gasteiger partial charge in [-0.05, 0) is 0 Å². The van der Waals surface area contributed by atoms with Gasteiger partial charge in [0.15, 0.2) is 11.9 Å². The van der Waals surface area contributed by atoms with Crippen LogP contribution in [-0.2, 0) is 18.3 Å². The molecule has 4 aromatic rings. The zero-order valence-electron chi connectivity index (χ0n) is 16.2. The van der Waals surface area contributed by atoms with Crippen LogP contribution in [0.25, 0.3) is 22.6 Å². The maximum atomic E-state index is 10.8. The molecule has 30 heavy (non-hydrogen) atoms. The number of rotatable bonds is 5. The van der Waals surface area contributed by atoms with E-state index in [1.54, 1.807) is 21.8 Å². The molecular weight excluding hydrogens is 388 g/mol. The van der Waals surface area contributed by atoms with Gasteiger partial charge in [0.2, 0.25) is 11.6 Å². The summed E-state index contributed by atoms with van der Waals surface area (Å²) in [4.78, 5) is 30.4. The van der Waals surface area contributed by atoms with Crippen LogP contribution in [0.1, 0.15) is 10.4 Å². The number of fused-ring (bicyclic) bond motifs is 1. The number of aromatic nitrogens is 9. The smallest absolute Gasteiger partial charge is 0.225 e. The van der Waals surface area contributed by atoms with Crippen molar-refractivity contribution in [2.45, 2.75) is 12.6 Å². The topological polar surface area (TPSA) is 130 Å². The molecule has 152 valence electrons. The van der Waals surface area contributed by atoms with E-state index in [2.05, 4.69) is 35.3 Å². The highest BCUT2D eigenvalue weighted by atomic mass is 16.5. The minimum atomic E-state index is -0.151. The number of aldehydes is 1. The summed E-state index contributed by atoms with van der Waals surface area (Å²) in [6, 6.07) is 0. The summed E-state index contributed by atoms with van der Waals surface area (Å²) < 4.78 is 9.33. The lowest BCUT2D eigenvalue weighted by molar-refractivity contribution is 0.0272. The van der Waals surface area contributed by atoms with Crippen molar-refractivity contribution in [2.75, 3.05) is 24.6 Å². The Morgan fingerprint density at radius 3 is 2.83 bits per heavy atom. The fourth-order valence-electron chi connectivity index (χ4n) is 3.33. The Labute approximate surface area is 170 Å². The molecule has 0 aliphatic carbocycles. The second-order valence-electron chi connectivity index (χ2n) is 6.95. The maximum Gasteiger partial charge on any atom is 0.225 e. The summed E-state index contributed by atoms with van der Waals surface area (Å²) in [7, 11) is 1.85. The van der Waals surface area contributed by atoms with Gasteiger partial charge in [0.1, 0.15) is 0 Å². The standard InChI is InChI=1S/C18H18N10O2/c1-26-8-13(6-22-26)15-7-19-16-17(23-15)28(25-24-16)10-14-9-27(2-3-30-14)18-20-4-12(11-29)5-21-18/h4-8,11,14H,2-3,9-10H2,1H3/t14-/m0/s1. The maximum absolute atomic E-state index is 10.8. The highest BCUT2D eigenvalue weighted by molar-refractivity contribution is 5.73. The van der Waals surface area contributed by atoms with Gasteiger partial charge >= 0.3 is 0 Å². The fraction of sp³-hybridized carbons (Fsp3) is 0.333. The molecule has 0 bridgehead atoms. The molecule has 5 rings (SSSR count). The monoisotopic (exact) mass is 406 g/mol. The third-order valence-electron chi connectivity index (χ3n) is 4.82. The number of ether oxygens (including phenoxy) is 1. The second-order valence-corrected chi connectivity index (χ2v) is 6.95. The molecule has 12 heteroatoms. The van der Waals surface area contributed by atoms with Crippen molar-refractivity contribution in [3.05, 3.63) is 36.5 Å². The van der Waals surface area contributed by atoms with Crippen LogP contribution in [0.2, 0.25) is 0 Å². The van der Waals surface area contributed by atoms with E-state index in [0.29, 0.717) is 54.7 Å². The summed E-state index contributed by atoms with van der Waals surface area (Å²) in [5.74, 6) is 0.566. The Kier molecular flexibility index (Phi) is 4.59. The average Bonchev–Trinajstić information content (AvgIpc) is 3.40. The van der Waals surface area contributed by atoms with Crippen LogP contribution in [0, 0.1) is 0 Å². The van der Waals surface area contributed by atoms with Gasteiger partial charge in [-0.2, -0.15) is 5.10 Å². The minimum absolute atomic E-state index is 0.151.